The number of nitrogens with one attached hydrogen (secondary N) is 1. The molecule has 1 aliphatic rings. The van der Waals surface area contributed by atoms with Gasteiger partial charge >= 0.3 is 0 Å². The van der Waals surface area contributed by atoms with Crippen molar-refractivity contribution in [2.24, 2.45) is 0 Å². The van der Waals surface area contributed by atoms with Crippen LogP contribution in [0.2, 0.25) is 0 Å². The number of aromatic nitrogens is 1. The van der Waals surface area contributed by atoms with Gasteiger partial charge in [-0.05, 0) is 36.6 Å². The summed E-state index contributed by atoms with van der Waals surface area (Å²) in [5.41, 5.74) is 1.85. The van der Waals surface area contributed by atoms with Gasteiger partial charge in [0.2, 0.25) is 5.91 Å². The number of amides is 1. The lowest BCUT2D eigenvalue weighted by Gasteiger charge is -2.28. The maximum absolute atomic E-state index is 13.3. The number of hydrogen-bond acceptors (Lipinski definition) is 2. The van der Waals surface area contributed by atoms with Crippen LogP contribution in [0.4, 0.5) is 5.69 Å². The molecule has 0 radical (unpaired) electrons. The van der Waals surface area contributed by atoms with Crippen molar-refractivity contribution in [1.29, 1.82) is 0 Å². The molecule has 4 nitrogen and oxygen atoms in total. The fourth-order valence-electron chi connectivity index (χ4n) is 3.98. The molecular weight excluding hydrogens is 336 g/mol. The van der Waals surface area contributed by atoms with E-state index >= 15 is 0 Å². The van der Waals surface area contributed by atoms with Gasteiger partial charge in [0.1, 0.15) is 0 Å². The summed E-state index contributed by atoms with van der Waals surface area (Å²) >= 11 is 0. The van der Waals surface area contributed by atoms with Crippen molar-refractivity contribution in [3.05, 3.63) is 94.9 Å². The van der Waals surface area contributed by atoms with Crippen LogP contribution in [0, 0.1) is 0 Å². The molecule has 1 amide bonds. The molecule has 1 heterocycles. The molecule has 0 saturated heterocycles. The van der Waals surface area contributed by atoms with Crippen molar-refractivity contribution in [2.75, 3.05) is 5.32 Å². The van der Waals surface area contributed by atoms with Gasteiger partial charge in [0.05, 0.1) is 11.1 Å². The summed E-state index contributed by atoms with van der Waals surface area (Å²) in [5.74, 6) is 0.00413. The molecule has 2 aromatic carbocycles. The van der Waals surface area contributed by atoms with Crippen LogP contribution in [0.5, 0.6) is 0 Å². The highest BCUT2D eigenvalue weighted by Gasteiger charge is 2.42. The Balaban J connectivity index is 1.66. The molecule has 3 aromatic rings. The van der Waals surface area contributed by atoms with Gasteiger partial charge in [-0.25, -0.2) is 0 Å². The van der Waals surface area contributed by atoms with Gasteiger partial charge in [-0.3, -0.25) is 14.2 Å². The third-order valence-corrected chi connectivity index (χ3v) is 5.42. The van der Waals surface area contributed by atoms with E-state index in [2.05, 4.69) is 5.32 Å². The van der Waals surface area contributed by atoms with E-state index < -0.39 is 5.41 Å². The van der Waals surface area contributed by atoms with Gasteiger partial charge in [-0.1, -0.05) is 61.4 Å². The van der Waals surface area contributed by atoms with E-state index in [1.807, 2.05) is 60.7 Å². The summed E-state index contributed by atoms with van der Waals surface area (Å²) in [5, 5.41) is 3.06. The Kier molecular flexibility index (Phi) is 4.63. The van der Waals surface area contributed by atoms with Crippen molar-refractivity contribution in [1.82, 2.24) is 4.57 Å². The molecule has 4 rings (SSSR count). The average Bonchev–Trinajstić information content (AvgIpc) is 3.22. The van der Waals surface area contributed by atoms with E-state index in [-0.39, 0.29) is 11.5 Å². The zero-order valence-electron chi connectivity index (χ0n) is 15.1. The average molecular weight is 358 g/mol. The number of nitrogens with zero attached hydrogens (tertiary/aromatic N) is 1. The number of rotatable bonds is 4. The van der Waals surface area contributed by atoms with Crippen LogP contribution in [0.1, 0.15) is 31.2 Å². The van der Waals surface area contributed by atoms with Crippen LogP contribution in [0.15, 0.2) is 83.8 Å². The normalized spacial score (nSPS) is 15.4. The summed E-state index contributed by atoms with van der Waals surface area (Å²) in [6, 6.07) is 22.6. The Morgan fingerprint density at radius 3 is 2.15 bits per heavy atom. The first-order valence-corrected chi connectivity index (χ1v) is 9.34. The molecule has 0 spiro atoms. The Morgan fingerprint density at radius 1 is 0.852 bits per heavy atom. The fraction of sp³-hybridized carbons (Fsp3) is 0.217. The maximum atomic E-state index is 13.3. The largest absolute Gasteiger partial charge is 0.324 e. The van der Waals surface area contributed by atoms with E-state index in [0.717, 1.165) is 36.9 Å². The molecule has 136 valence electrons. The third-order valence-electron chi connectivity index (χ3n) is 5.42. The minimum atomic E-state index is -0.491. The van der Waals surface area contributed by atoms with Crippen LogP contribution in [0.3, 0.4) is 0 Å². The second-order valence-corrected chi connectivity index (χ2v) is 7.07. The summed E-state index contributed by atoms with van der Waals surface area (Å²) < 4.78 is 1.56. The van der Waals surface area contributed by atoms with Crippen molar-refractivity contribution in [3.8, 4) is 5.69 Å². The molecule has 1 fully saturated rings. The molecule has 0 atom stereocenters. The minimum Gasteiger partial charge on any atom is -0.324 e. The summed E-state index contributed by atoms with van der Waals surface area (Å²) in [4.78, 5) is 25.5. The highest BCUT2D eigenvalue weighted by molar-refractivity contribution is 5.99. The number of para-hydroxylation sites is 1. The third kappa shape index (κ3) is 3.31. The fourth-order valence-corrected chi connectivity index (χ4v) is 3.98. The highest BCUT2D eigenvalue weighted by Crippen LogP contribution is 2.42. The number of hydrogen-bond donors (Lipinski definition) is 1. The molecule has 0 aliphatic heterocycles. The first-order valence-electron chi connectivity index (χ1n) is 9.34. The standard InChI is InChI=1S/C23H22N2O2/c26-21-14-13-19(17-25(21)20-11-5-2-6-12-20)24-22(27)23(15-7-8-16-23)18-9-3-1-4-10-18/h1-6,9-14,17H,7-8,15-16H2,(H,24,27). The Hall–Kier alpha value is -3.14. The first-order chi connectivity index (χ1) is 13.2. The molecule has 0 unspecified atom stereocenters. The second-order valence-electron chi connectivity index (χ2n) is 7.07. The molecule has 1 aliphatic carbocycles. The molecule has 1 aromatic heterocycles. The zero-order valence-corrected chi connectivity index (χ0v) is 15.1. The van der Waals surface area contributed by atoms with Crippen molar-refractivity contribution < 1.29 is 4.79 Å². The van der Waals surface area contributed by atoms with Gasteiger partial charge < -0.3 is 5.32 Å². The van der Waals surface area contributed by atoms with Gasteiger partial charge in [0.15, 0.2) is 0 Å². The van der Waals surface area contributed by atoms with Crippen molar-refractivity contribution in [3.63, 3.8) is 0 Å². The number of pyridine rings is 1. The lowest BCUT2D eigenvalue weighted by atomic mass is 9.78. The lowest BCUT2D eigenvalue weighted by molar-refractivity contribution is -0.121. The molecule has 4 heteroatoms. The van der Waals surface area contributed by atoms with Gasteiger partial charge in [-0.15, -0.1) is 0 Å². The van der Waals surface area contributed by atoms with Crippen LogP contribution >= 0.6 is 0 Å². The smallest absolute Gasteiger partial charge is 0.255 e. The Bertz CT molecular complexity index is 988. The number of benzene rings is 2. The molecule has 0 bridgehead atoms. The summed E-state index contributed by atoms with van der Waals surface area (Å²) in [6.07, 6.45) is 5.49. The Morgan fingerprint density at radius 2 is 1.48 bits per heavy atom. The zero-order chi connectivity index (χ0) is 18.7. The van der Waals surface area contributed by atoms with E-state index in [4.69, 9.17) is 0 Å². The van der Waals surface area contributed by atoms with Crippen molar-refractivity contribution in [2.45, 2.75) is 31.1 Å². The van der Waals surface area contributed by atoms with Crippen molar-refractivity contribution >= 4 is 11.6 Å². The van der Waals surface area contributed by atoms with Crippen LogP contribution in [-0.2, 0) is 10.2 Å². The highest BCUT2D eigenvalue weighted by atomic mass is 16.2. The number of carbonyl (C=O) groups excluding carboxylic acids is 1. The summed E-state index contributed by atoms with van der Waals surface area (Å²) in [7, 11) is 0. The van der Waals surface area contributed by atoms with Gasteiger partial charge in [0, 0.05) is 18.0 Å². The van der Waals surface area contributed by atoms with E-state index in [1.165, 1.54) is 6.07 Å². The topological polar surface area (TPSA) is 51.1 Å². The Labute approximate surface area is 158 Å². The van der Waals surface area contributed by atoms with E-state index in [9.17, 15) is 9.59 Å². The van der Waals surface area contributed by atoms with Crippen LogP contribution in [0.25, 0.3) is 5.69 Å². The molecular formula is C23H22N2O2. The molecule has 1 saturated carbocycles. The summed E-state index contributed by atoms with van der Waals surface area (Å²) in [6.45, 7) is 0. The monoisotopic (exact) mass is 358 g/mol. The predicted molar refractivity (Wildman–Crippen MR) is 107 cm³/mol. The quantitative estimate of drug-likeness (QED) is 0.756. The molecule has 27 heavy (non-hydrogen) atoms. The number of anilines is 1. The van der Waals surface area contributed by atoms with E-state index in [0.29, 0.717) is 5.69 Å². The number of carbonyl (C=O) groups is 1. The SMILES string of the molecule is O=C(Nc1ccc(=O)n(-c2ccccc2)c1)C1(c2ccccc2)CCCC1. The van der Waals surface area contributed by atoms with Gasteiger partial charge in [-0.2, -0.15) is 0 Å². The molecule has 1 N–H and O–H groups in total. The minimum absolute atomic E-state index is 0.00413. The van der Waals surface area contributed by atoms with Crippen LogP contribution in [-0.4, -0.2) is 10.5 Å². The van der Waals surface area contributed by atoms with E-state index in [1.54, 1.807) is 16.8 Å². The van der Waals surface area contributed by atoms with Gasteiger partial charge in [0.25, 0.3) is 5.56 Å². The predicted octanol–water partition coefficient (Wildman–Crippen LogP) is 4.29. The second kappa shape index (κ2) is 7.23. The van der Waals surface area contributed by atoms with Crippen LogP contribution < -0.4 is 10.9 Å². The first kappa shape index (κ1) is 17.3. The lowest BCUT2D eigenvalue weighted by Crippen LogP contribution is -2.38. The maximum Gasteiger partial charge on any atom is 0.255 e.